The summed E-state index contributed by atoms with van der Waals surface area (Å²) in [6, 6.07) is 5.04. The van der Waals surface area contributed by atoms with Crippen LogP contribution < -0.4 is 11.1 Å². The Morgan fingerprint density at radius 1 is 1.48 bits per heavy atom. The molecule has 0 spiro atoms. The fourth-order valence-electron chi connectivity index (χ4n) is 2.49. The number of guanidine groups is 1. The molecule has 1 aromatic rings. The minimum atomic E-state index is -0.319. The summed E-state index contributed by atoms with van der Waals surface area (Å²) in [7, 11) is 0. The molecule has 1 aliphatic rings. The van der Waals surface area contributed by atoms with Crippen LogP contribution in [0.1, 0.15) is 25.3 Å². The molecule has 6 nitrogen and oxygen atoms in total. The van der Waals surface area contributed by atoms with Gasteiger partial charge in [-0.15, -0.1) is 24.0 Å². The van der Waals surface area contributed by atoms with Gasteiger partial charge in [-0.25, -0.2) is 14.2 Å². The Morgan fingerprint density at radius 2 is 2.16 bits per heavy atom. The number of likely N-dealkylation sites (tertiary alicyclic amines) is 1. The number of rotatable bonds is 4. The van der Waals surface area contributed by atoms with Crippen LogP contribution in [-0.2, 0) is 11.3 Å². The molecule has 25 heavy (non-hydrogen) atoms. The number of ether oxygens (including phenoxy) is 1. The van der Waals surface area contributed by atoms with Crippen LogP contribution in [0, 0.1) is 5.82 Å². The number of nitrogens with zero attached hydrogens (tertiary/aromatic N) is 2. The average molecular weight is 529 g/mol. The molecule has 0 aliphatic carbocycles. The van der Waals surface area contributed by atoms with Gasteiger partial charge in [-0.2, -0.15) is 0 Å². The van der Waals surface area contributed by atoms with Gasteiger partial charge in [0.2, 0.25) is 0 Å². The first-order chi connectivity index (χ1) is 11.5. The highest BCUT2D eigenvalue weighted by molar-refractivity contribution is 14.0. The summed E-state index contributed by atoms with van der Waals surface area (Å²) in [4.78, 5) is 17.6. The molecular formula is C16H23BrFIN4O2. The van der Waals surface area contributed by atoms with Crippen LogP contribution in [0.3, 0.4) is 0 Å². The van der Waals surface area contributed by atoms with Crippen molar-refractivity contribution in [2.75, 3.05) is 19.7 Å². The Kier molecular flexibility index (Phi) is 9.47. The van der Waals surface area contributed by atoms with E-state index in [1.54, 1.807) is 24.0 Å². The Balaban J connectivity index is 0.00000312. The van der Waals surface area contributed by atoms with E-state index in [4.69, 9.17) is 10.5 Å². The highest BCUT2D eigenvalue weighted by Crippen LogP contribution is 2.17. The summed E-state index contributed by atoms with van der Waals surface area (Å²) in [5.74, 6) is 0.00785. The molecule has 0 radical (unpaired) electrons. The van der Waals surface area contributed by atoms with Crippen LogP contribution in [0.4, 0.5) is 9.18 Å². The number of aliphatic imine (C=N–C) groups is 1. The Hall–Kier alpha value is -1.10. The van der Waals surface area contributed by atoms with E-state index in [1.807, 2.05) is 0 Å². The first-order valence-corrected chi connectivity index (χ1v) is 8.71. The van der Waals surface area contributed by atoms with Crippen molar-refractivity contribution in [3.05, 3.63) is 34.1 Å². The lowest BCUT2D eigenvalue weighted by Crippen LogP contribution is -2.48. The minimum absolute atomic E-state index is 0. The first kappa shape index (κ1) is 21.9. The number of halogens is 3. The number of hydrogen-bond acceptors (Lipinski definition) is 3. The molecule has 3 N–H and O–H groups in total. The highest BCUT2D eigenvalue weighted by Gasteiger charge is 2.23. The van der Waals surface area contributed by atoms with Crippen molar-refractivity contribution in [3.8, 4) is 0 Å². The van der Waals surface area contributed by atoms with Gasteiger partial charge in [-0.3, -0.25) is 0 Å². The second kappa shape index (κ2) is 10.8. The number of carbonyl (C=O) groups excluding carboxylic acids is 1. The molecule has 0 saturated carbocycles. The number of hydrogen-bond donors (Lipinski definition) is 2. The van der Waals surface area contributed by atoms with Gasteiger partial charge in [0, 0.05) is 19.1 Å². The highest BCUT2D eigenvalue weighted by atomic mass is 127. The summed E-state index contributed by atoms with van der Waals surface area (Å²) in [5, 5.41) is 3.15. The van der Waals surface area contributed by atoms with Gasteiger partial charge in [0.1, 0.15) is 5.82 Å². The fraction of sp³-hybridized carbons (Fsp3) is 0.500. The molecule has 0 unspecified atom stereocenters. The lowest BCUT2D eigenvalue weighted by molar-refractivity contribution is 0.0963. The topological polar surface area (TPSA) is 80.0 Å². The quantitative estimate of drug-likeness (QED) is 0.357. The van der Waals surface area contributed by atoms with E-state index in [0.29, 0.717) is 36.7 Å². The molecule has 0 aromatic heterocycles. The van der Waals surface area contributed by atoms with Gasteiger partial charge in [0.25, 0.3) is 0 Å². The maximum atomic E-state index is 13.4. The van der Waals surface area contributed by atoms with E-state index in [1.165, 1.54) is 6.07 Å². The van der Waals surface area contributed by atoms with E-state index < -0.39 is 0 Å². The molecule has 1 saturated heterocycles. The molecular weight excluding hydrogens is 506 g/mol. The van der Waals surface area contributed by atoms with Gasteiger partial charge in [0.05, 0.1) is 17.6 Å². The molecule has 0 bridgehead atoms. The second-order valence-corrected chi connectivity index (χ2v) is 6.41. The molecule has 1 fully saturated rings. The van der Waals surface area contributed by atoms with Gasteiger partial charge in [-0.1, -0.05) is 6.07 Å². The van der Waals surface area contributed by atoms with Crippen LogP contribution in [0.2, 0.25) is 0 Å². The van der Waals surface area contributed by atoms with Crippen LogP contribution in [-0.4, -0.2) is 42.7 Å². The molecule has 1 aliphatic heterocycles. The van der Waals surface area contributed by atoms with E-state index >= 15 is 0 Å². The Morgan fingerprint density at radius 3 is 2.76 bits per heavy atom. The summed E-state index contributed by atoms with van der Waals surface area (Å²) in [5.41, 5.74) is 6.64. The second-order valence-electron chi connectivity index (χ2n) is 5.55. The SMILES string of the molecule is CCOC(=O)N1CCC(NC(N)=NCc2ccc(Br)c(F)c2)CC1.I. The van der Waals surface area contributed by atoms with Crippen LogP contribution >= 0.6 is 39.9 Å². The summed E-state index contributed by atoms with van der Waals surface area (Å²) < 4.78 is 18.9. The third kappa shape index (κ3) is 6.96. The van der Waals surface area contributed by atoms with E-state index in [0.717, 1.165) is 18.4 Å². The summed E-state index contributed by atoms with van der Waals surface area (Å²) in [6.45, 7) is 3.74. The minimum Gasteiger partial charge on any atom is -0.450 e. The summed E-state index contributed by atoms with van der Waals surface area (Å²) in [6.07, 6.45) is 1.29. The number of carbonyl (C=O) groups is 1. The zero-order valence-electron chi connectivity index (χ0n) is 14.0. The zero-order chi connectivity index (χ0) is 17.5. The van der Waals surface area contributed by atoms with Crippen molar-refractivity contribution in [1.29, 1.82) is 0 Å². The smallest absolute Gasteiger partial charge is 0.409 e. The number of nitrogens with two attached hydrogens (primary N) is 1. The maximum absolute atomic E-state index is 13.4. The van der Waals surface area contributed by atoms with E-state index in [9.17, 15) is 9.18 Å². The lowest BCUT2D eigenvalue weighted by Gasteiger charge is -2.31. The molecule has 0 atom stereocenters. The molecule has 1 heterocycles. The van der Waals surface area contributed by atoms with E-state index in [-0.39, 0.29) is 41.9 Å². The van der Waals surface area contributed by atoms with Gasteiger partial charge < -0.3 is 20.7 Å². The number of benzene rings is 1. The maximum Gasteiger partial charge on any atom is 0.409 e. The van der Waals surface area contributed by atoms with E-state index in [2.05, 4.69) is 26.2 Å². The standard InChI is InChI=1S/C16H22BrFN4O2.HI/c1-2-24-16(23)22-7-5-12(6-8-22)21-15(19)20-10-11-3-4-13(17)14(18)9-11;/h3-4,9,12H,2,5-8,10H2,1H3,(H3,19,20,21);1H. The van der Waals surface area contributed by atoms with Crippen molar-refractivity contribution in [2.24, 2.45) is 10.7 Å². The normalized spacial score (nSPS) is 15.5. The third-order valence-corrected chi connectivity index (χ3v) is 4.43. The third-order valence-electron chi connectivity index (χ3n) is 3.79. The Bertz CT molecular complexity index is 610. The van der Waals surface area contributed by atoms with Crippen LogP contribution in [0.25, 0.3) is 0 Å². The number of amides is 1. The van der Waals surface area contributed by atoms with Crippen molar-refractivity contribution >= 4 is 52.0 Å². The summed E-state index contributed by atoms with van der Waals surface area (Å²) >= 11 is 3.12. The predicted octanol–water partition coefficient (Wildman–Crippen LogP) is 3.23. The van der Waals surface area contributed by atoms with Crippen molar-refractivity contribution in [1.82, 2.24) is 10.2 Å². The fourth-order valence-corrected chi connectivity index (χ4v) is 2.74. The first-order valence-electron chi connectivity index (χ1n) is 7.91. The molecule has 9 heteroatoms. The average Bonchev–Trinajstić information content (AvgIpc) is 2.57. The van der Waals surface area contributed by atoms with Crippen molar-refractivity contribution in [3.63, 3.8) is 0 Å². The zero-order valence-corrected chi connectivity index (χ0v) is 17.9. The van der Waals surface area contributed by atoms with Gasteiger partial charge in [-0.05, 0) is 53.4 Å². The molecule has 140 valence electrons. The van der Waals surface area contributed by atoms with Crippen molar-refractivity contribution < 1.29 is 13.9 Å². The predicted molar refractivity (Wildman–Crippen MR) is 110 cm³/mol. The lowest BCUT2D eigenvalue weighted by atomic mass is 10.1. The number of nitrogens with one attached hydrogen (secondary N) is 1. The van der Waals surface area contributed by atoms with Crippen LogP contribution in [0.5, 0.6) is 0 Å². The van der Waals surface area contributed by atoms with Crippen molar-refractivity contribution in [2.45, 2.75) is 32.4 Å². The Labute approximate surface area is 172 Å². The largest absolute Gasteiger partial charge is 0.450 e. The monoisotopic (exact) mass is 528 g/mol. The molecule has 1 aromatic carbocycles. The molecule has 2 rings (SSSR count). The van der Waals surface area contributed by atoms with Gasteiger partial charge >= 0.3 is 6.09 Å². The van der Waals surface area contributed by atoms with Gasteiger partial charge in [0.15, 0.2) is 5.96 Å². The number of piperidine rings is 1. The molecule has 1 amide bonds. The van der Waals surface area contributed by atoms with Crippen LogP contribution in [0.15, 0.2) is 27.7 Å².